The van der Waals surface area contributed by atoms with E-state index >= 15 is 0 Å². The van der Waals surface area contributed by atoms with Gasteiger partial charge in [0.2, 0.25) is 5.91 Å². The second kappa shape index (κ2) is 3.87. The van der Waals surface area contributed by atoms with Gasteiger partial charge < -0.3 is 15.0 Å². The maximum atomic E-state index is 11.8. The number of amides is 1. The molecule has 2 aromatic rings. The second-order valence-corrected chi connectivity index (χ2v) is 4.49. The van der Waals surface area contributed by atoms with Crippen molar-refractivity contribution in [2.75, 3.05) is 11.4 Å². The average Bonchev–Trinajstić information content (AvgIpc) is 2.93. The molecule has 0 aliphatic carbocycles. The smallest absolute Gasteiger partial charge is 0.308 e. The molecule has 2 N–H and O–H groups in total. The van der Waals surface area contributed by atoms with Crippen molar-refractivity contribution in [2.24, 2.45) is 5.92 Å². The lowest BCUT2D eigenvalue weighted by atomic mass is 10.1. The molecule has 1 amide bonds. The molecule has 1 aliphatic rings. The van der Waals surface area contributed by atoms with Crippen LogP contribution in [0.25, 0.3) is 10.9 Å². The number of hydrogen-bond acceptors (Lipinski definition) is 2. The van der Waals surface area contributed by atoms with Crippen LogP contribution < -0.4 is 4.90 Å². The maximum absolute atomic E-state index is 11.8. The van der Waals surface area contributed by atoms with Crippen LogP contribution in [0, 0.1) is 5.92 Å². The Hall–Kier alpha value is -2.30. The Morgan fingerprint density at radius 2 is 2.22 bits per heavy atom. The monoisotopic (exact) mass is 244 g/mol. The maximum Gasteiger partial charge on any atom is 0.308 e. The zero-order valence-corrected chi connectivity index (χ0v) is 9.59. The van der Waals surface area contributed by atoms with E-state index in [1.54, 1.807) is 4.90 Å². The van der Waals surface area contributed by atoms with E-state index < -0.39 is 11.9 Å². The first-order chi connectivity index (χ1) is 8.65. The molecule has 5 nitrogen and oxygen atoms in total. The van der Waals surface area contributed by atoms with Gasteiger partial charge in [-0.1, -0.05) is 6.07 Å². The average molecular weight is 244 g/mol. The number of anilines is 1. The van der Waals surface area contributed by atoms with Gasteiger partial charge in [-0.2, -0.15) is 0 Å². The van der Waals surface area contributed by atoms with Crippen molar-refractivity contribution in [1.82, 2.24) is 4.98 Å². The minimum absolute atomic E-state index is 0.0814. The summed E-state index contributed by atoms with van der Waals surface area (Å²) in [6.45, 7) is 0.250. The van der Waals surface area contributed by atoms with Crippen LogP contribution in [-0.2, 0) is 9.59 Å². The number of hydrogen-bond donors (Lipinski definition) is 2. The third-order valence-electron chi connectivity index (χ3n) is 3.32. The van der Waals surface area contributed by atoms with Crippen LogP contribution in [0.3, 0.4) is 0 Å². The van der Waals surface area contributed by atoms with E-state index in [9.17, 15) is 9.59 Å². The molecular formula is C13H12N2O3. The number of aromatic nitrogens is 1. The molecule has 18 heavy (non-hydrogen) atoms. The van der Waals surface area contributed by atoms with E-state index in [0.717, 1.165) is 16.6 Å². The molecule has 1 aromatic carbocycles. The lowest BCUT2D eigenvalue weighted by Crippen LogP contribution is -2.25. The van der Waals surface area contributed by atoms with Crippen LogP contribution in [-0.4, -0.2) is 28.5 Å². The van der Waals surface area contributed by atoms with E-state index in [1.165, 1.54) is 0 Å². The molecule has 3 rings (SSSR count). The standard InChI is InChI=1S/C13H12N2O3/c16-12-5-9(13(17)18)7-15(12)10-2-1-8-3-4-14-11(8)6-10/h1-4,6,9,14H,5,7H2,(H,17,18)/t9-/m1/s1. The van der Waals surface area contributed by atoms with Crippen molar-refractivity contribution in [3.8, 4) is 0 Å². The summed E-state index contributed by atoms with van der Waals surface area (Å²) < 4.78 is 0. The summed E-state index contributed by atoms with van der Waals surface area (Å²) in [5, 5.41) is 10.0. The van der Waals surface area contributed by atoms with E-state index in [4.69, 9.17) is 5.11 Å². The number of carbonyl (C=O) groups excluding carboxylic acids is 1. The molecule has 1 fully saturated rings. The van der Waals surface area contributed by atoms with Crippen molar-refractivity contribution < 1.29 is 14.7 Å². The molecular weight excluding hydrogens is 232 g/mol. The van der Waals surface area contributed by atoms with Crippen LogP contribution >= 0.6 is 0 Å². The number of nitrogens with zero attached hydrogens (tertiary/aromatic N) is 1. The number of H-pyrrole nitrogens is 1. The number of benzene rings is 1. The SMILES string of the molecule is O=C(O)[C@@H]1CC(=O)N(c2ccc3cc[nH]c3c2)C1. The fourth-order valence-electron chi connectivity index (χ4n) is 2.33. The molecule has 0 radical (unpaired) electrons. The van der Waals surface area contributed by atoms with Gasteiger partial charge in [-0.3, -0.25) is 9.59 Å². The quantitative estimate of drug-likeness (QED) is 0.842. The summed E-state index contributed by atoms with van der Waals surface area (Å²) in [5.41, 5.74) is 1.69. The van der Waals surface area contributed by atoms with E-state index in [-0.39, 0.29) is 18.9 Å². The van der Waals surface area contributed by atoms with Crippen LogP contribution in [0.15, 0.2) is 30.5 Å². The number of aliphatic carboxylic acids is 1. The zero-order chi connectivity index (χ0) is 12.7. The summed E-state index contributed by atoms with van der Waals surface area (Å²) in [6, 6.07) is 7.59. The Labute approximate surface area is 103 Å². The van der Waals surface area contributed by atoms with E-state index in [2.05, 4.69) is 4.98 Å². The number of fused-ring (bicyclic) bond motifs is 1. The van der Waals surface area contributed by atoms with Crippen LogP contribution in [0.4, 0.5) is 5.69 Å². The number of rotatable bonds is 2. The van der Waals surface area contributed by atoms with Gasteiger partial charge in [0, 0.05) is 30.4 Å². The van der Waals surface area contributed by atoms with E-state index in [1.807, 2.05) is 30.5 Å². The van der Waals surface area contributed by atoms with Gasteiger partial charge >= 0.3 is 5.97 Å². The third kappa shape index (κ3) is 1.64. The minimum Gasteiger partial charge on any atom is -0.481 e. The fraction of sp³-hybridized carbons (Fsp3) is 0.231. The normalized spacial score (nSPS) is 19.7. The number of carboxylic acid groups (broad SMARTS) is 1. The summed E-state index contributed by atoms with van der Waals surface area (Å²) in [7, 11) is 0. The third-order valence-corrected chi connectivity index (χ3v) is 3.32. The van der Waals surface area contributed by atoms with Gasteiger partial charge in [0.15, 0.2) is 0 Å². The highest BCUT2D eigenvalue weighted by atomic mass is 16.4. The molecule has 5 heteroatoms. The minimum atomic E-state index is -0.910. The predicted molar refractivity (Wildman–Crippen MR) is 66.4 cm³/mol. The number of carboxylic acids is 1. The Bertz CT molecular complexity index is 632. The molecule has 2 heterocycles. The predicted octanol–water partition coefficient (Wildman–Crippen LogP) is 1.61. The van der Waals surface area contributed by atoms with Crippen LogP contribution in [0.1, 0.15) is 6.42 Å². The highest BCUT2D eigenvalue weighted by Gasteiger charge is 2.35. The number of nitrogens with one attached hydrogen (secondary N) is 1. The van der Waals surface area contributed by atoms with Crippen LogP contribution in [0.2, 0.25) is 0 Å². The zero-order valence-electron chi connectivity index (χ0n) is 9.59. The molecule has 0 unspecified atom stereocenters. The van der Waals surface area contributed by atoms with Gasteiger partial charge in [-0.05, 0) is 23.6 Å². The first kappa shape index (κ1) is 10.8. The molecule has 92 valence electrons. The summed E-state index contributed by atoms with van der Waals surface area (Å²) in [5.74, 6) is -1.64. The van der Waals surface area contributed by atoms with Crippen molar-refractivity contribution in [3.63, 3.8) is 0 Å². The number of aromatic amines is 1. The topological polar surface area (TPSA) is 73.4 Å². The highest BCUT2D eigenvalue weighted by Crippen LogP contribution is 2.27. The first-order valence-corrected chi connectivity index (χ1v) is 5.75. The molecule has 1 atom stereocenters. The molecule has 0 spiro atoms. The Balaban J connectivity index is 1.94. The summed E-state index contributed by atoms with van der Waals surface area (Å²) in [4.78, 5) is 27.3. The highest BCUT2D eigenvalue weighted by molar-refractivity contribution is 6.00. The Morgan fingerprint density at radius 1 is 1.39 bits per heavy atom. The van der Waals surface area contributed by atoms with Crippen molar-refractivity contribution in [2.45, 2.75) is 6.42 Å². The van der Waals surface area contributed by atoms with Gasteiger partial charge in [-0.25, -0.2) is 0 Å². The van der Waals surface area contributed by atoms with Crippen molar-refractivity contribution >= 4 is 28.5 Å². The van der Waals surface area contributed by atoms with Crippen LogP contribution in [0.5, 0.6) is 0 Å². The van der Waals surface area contributed by atoms with Gasteiger partial charge in [0.1, 0.15) is 0 Å². The Morgan fingerprint density at radius 3 is 2.94 bits per heavy atom. The lowest BCUT2D eigenvalue weighted by Gasteiger charge is -2.16. The molecule has 1 saturated heterocycles. The van der Waals surface area contributed by atoms with Gasteiger partial charge in [0.25, 0.3) is 0 Å². The van der Waals surface area contributed by atoms with Gasteiger partial charge in [-0.15, -0.1) is 0 Å². The first-order valence-electron chi connectivity index (χ1n) is 5.75. The Kier molecular flexibility index (Phi) is 2.33. The lowest BCUT2D eigenvalue weighted by molar-refractivity contribution is -0.141. The summed E-state index contributed by atoms with van der Waals surface area (Å²) in [6.07, 6.45) is 1.92. The molecule has 0 saturated carbocycles. The van der Waals surface area contributed by atoms with Crippen molar-refractivity contribution in [3.05, 3.63) is 30.5 Å². The fourth-order valence-corrected chi connectivity index (χ4v) is 2.33. The molecule has 0 bridgehead atoms. The molecule has 1 aromatic heterocycles. The second-order valence-electron chi connectivity index (χ2n) is 4.49. The largest absolute Gasteiger partial charge is 0.481 e. The van der Waals surface area contributed by atoms with Gasteiger partial charge in [0.05, 0.1) is 5.92 Å². The van der Waals surface area contributed by atoms with Crippen molar-refractivity contribution in [1.29, 1.82) is 0 Å². The summed E-state index contributed by atoms with van der Waals surface area (Å²) >= 11 is 0. The molecule has 1 aliphatic heterocycles. The number of carbonyl (C=O) groups is 2. The van der Waals surface area contributed by atoms with E-state index in [0.29, 0.717) is 0 Å².